The van der Waals surface area contributed by atoms with Gasteiger partial charge in [-0.05, 0) is 38.0 Å². The third-order valence-corrected chi connectivity index (χ3v) is 4.58. The third kappa shape index (κ3) is 3.59. The topological polar surface area (TPSA) is 20.3 Å². The number of hydrogen-bond acceptors (Lipinski definition) is 2. The predicted octanol–water partition coefficient (Wildman–Crippen LogP) is 4.81. The average Bonchev–Trinajstić information content (AvgIpc) is 2.66. The van der Waals surface area contributed by atoms with Gasteiger partial charge in [0.15, 0.2) is 5.78 Å². The molecule has 0 bridgehead atoms. The van der Waals surface area contributed by atoms with Crippen LogP contribution < -0.4 is 4.90 Å². The van der Waals surface area contributed by atoms with Gasteiger partial charge < -0.3 is 4.90 Å². The van der Waals surface area contributed by atoms with E-state index in [4.69, 9.17) is 0 Å². The molecule has 0 amide bonds. The summed E-state index contributed by atoms with van der Waals surface area (Å²) < 4.78 is 1.04. The summed E-state index contributed by atoms with van der Waals surface area (Å²) in [5.41, 5.74) is 1.89. The molecule has 0 aliphatic heterocycles. The average molecular weight is 324 g/mol. The molecule has 0 aromatic heterocycles. The third-order valence-electron chi connectivity index (χ3n) is 4.09. The van der Waals surface area contributed by atoms with Crippen molar-refractivity contribution in [3.8, 4) is 0 Å². The molecule has 0 unspecified atom stereocenters. The lowest BCUT2D eigenvalue weighted by molar-refractivity contribution is 0.101. The monoisotopic (exact) mass is 323 g/mol. The Morgan fingerprint density at radius 1 is 1.21 bits per heavy atom. The zero-order valence-electron chi connectivity index (χ0n) is 11.8. The molecule has 1 saturated carbocycles. The highest BCUT2D eigenvalue weighted by Crippen LogP contribution is 2.30. The van der Waals surface area contributed by atoms with E-state index in [0.717, 1.165) is 15.7 Å². The highest BCUT2D eigenvalue weighted by atomic mass is 79.9. The van der Waals surface area contributed by atoms with E-state index in [-0.39, 0.29) is 5.78 Å². The lowest BCUT2D eigenvalue weighted by atomic mass is 10.0. The van der Waals surface area contributed by atoms with Crippen molar-refractivity contribution in [2.75, 3.05) is 11.9 Å². The van der Waals surface area contributed by atoms with Crippen molar-refractivity contribution in [3.63, 3.8) is 0 Å². The van der Waals surface area contributed by atoms with Gasteiger partial charge in [0, 0.05) is 28.8 Å². The zero-order chi connectivity index (χ0) is 13.8. The normalized spacial score (nSPS) is 17.0. The van der Waals surface area contributed by atoms with Crippen molar-refractivity contribution in [1.29, 1.82) is 0 Å². The van der Waals surface area contributed by atoms with Gasteiger partial charge in [-0.1, -0.05) is 41.6 Å². The van der Waals surface area contributed by atoms with E-state index in [0.29, 0.717) is 6.04 Å². The molecule has 0 saturated heterocycles. The lowest BCUT2D eigenvalue weighted by Crippen LogP contribution is -2.32. The van der Waals surface area contributed by atoms with Crippen molar-refractivity contribution < 1.29 is 4.79 Å². The van der Waals surface area contributed by atoms with Gasteiger partial charge in [-0.25, -0.2) is 0 Å². The lowest BCUT2D eigenvalue weighted by Gasteiger charge is -2.30. The maximum Gasteiger partial charge on any atom is 0.161 e. The van der Waals surface area contributed by atoms with E-state index in [2.05, 4.69) is 33.9 Å². The van der Waals surface area contributed by atoms with Gasteiger partial charge in [0.2, 0.25) is 0 Å². The molecule has 0 atom stereocenters. The summed E-state index contributed by atoms with van der Waals surface area (Å²) in [5.74, 6) is 0.142. The molecule has 0 heterocycles. The van der Waals surface area contributed by atoms with Crippen LogP contribution >= 0.6 is 15.9 Å². The fourth-order valence-electron chi connectivity index (χ4n) is 2.94. The quantitative estimate of drug-likeness (QED) is 0.587. The van der Waals surface area contributed by atoms with Gasteiger partial charge >= 0.3 is 0 Å². The second-order valence-corrected chi connectivity index (χ2v) is 6.39. The Kier molecular flexibility index (Phi) is 5.03. The number of carbonyl (C=O) groups excluding carboxylic acids is 1. The fraction of sp³-hybridized carbons (Fsp3) is 0.562. The molecule has 1 fully saturated rings. The van der Waals surface area contributed by atoms with Gasteiger partial charge in [-0.2, -0.15) is 0 Å². The molecule has 3 heteroatoms. The van der Waals surface area contributed by atoms with Gasteiger partial charge in [-0.15, -0.1) is 0 Å². The Hall–Kier alpha value is -0.830. The molecule has 1 aromatic carbocycles. The number of nitrogens with zero attached hydrogens (tertiary/aromatic N) is 1. The van der Waals surface area contributed by atoms with Gasteiger partial charge in [0.05, 0.1) is 0 Å². The largest absolute Gasteiger partial charge is 0.371 e. The van der Waals surface area contributed by atoms with Gasteiger partial charge in [0.1, 0.15) is 0 Å². The molecule has 1 aliphatic rings. The first-order valence-electron chi connectivity index (χ1n) is 7.13. The van der Waals surface area contributed by atoms with Crippen molar-refractivity contribution in [3.05, 3.63) is 28.2 Å². The molecule has 104 valence electrons. The highest BCUT2D eigenvalue weighted by Gasteiger charge is 2.20. The highest BCUT2D eigenvalue weighted by molar-refractivity contribution is 9.10. The first-order valence-corrected chi connectivity index (χ1v) is 7.92. The first kappa shape index (κ1) is 14.6. The van der Waals surface area contributed by atoms with Crippen LogP contribution in [0.2, 0.25) is 0 Å². The Morgan fingerprint density at radius 2 is 1.84 bits per heavy atom. The summed E-state index contributed by atoms with van der Waals surface area (Å²) >= 11 is 3.52. The molecule has 2 nitrogen and oxygen atoms in total. The molecule has 1 aromatic rings. The molecule has 0 radical (unpaired) electrons. The zero-order valence-corrected chi connectivity index (χ0v) is 13.4. The molecule has 0 N–H and O–H groups in total. The summed E-state index contributed by atoms with van der Waals surface area (Å²) in [6.07, 6.45) is 7.78. The number of hydrogen-bond donors (Lipinski definition) is 0. The van der Waals surface area contributed by atoms with Gasteiger partial charge in [0.25, 0.3) is 0 Å². The molecule has 0 spiro atoms. The van der Waals surface area contributed by atoms with Crippen LogP contribution in [0.5, 0.6) is 0 Å². The number of benzene rings is 1. The van der Waals surface area contributed by atoms with Crippen molar-refractivity contribution >= 4 is 27.4 Å². The maximum atomic E-state index is 11.8. The number of carbonyl (C=O) groups is 1. The summed E-state index contributed by atoms with van der Waals surface area (Å²) in [6.45, 7) is 1.65. The van der Waals surface area contributed by atoms with Crippen molar-refractivity contribution in [1.82, 2.24) is 0 Å². The van der Waals surface area contributed by atoms with Crippen LogP contribution in [0.4, 0.5) is 5.69 Å². The minimum atomic E-state index is 0.142. The minimum Gasteiger partial charge on any atom is -0.371 e. The number of Topliss-reactive ketones (excluding diaryl/α,β-unsaturated/α-hetero) is 1. The Balaban J connectivity index is 2.28. The number of halogens is 1. The Morgan fingerprint density at radius 3 is 2.42 bits per heavy atom. The SMILES string of the molecule is CC(=O)c1ccc(Br)cc1N(C)C1CCCCCC1. The van der Waals surface area contributed by atoms with E-state index < -0.39 is 0 Å². The summed E-state index contributed by atoms with van der Waals surface area (Å²) in [4.78, 5) is 14.1. The van der Waals surface area contributed by atoms with Crippen molar-refractivity contribution in [2.45, 2.75) is 51.5 Å². The van der Waals surface area contributed by atoms with Crippen LogP contribution in [0, 0.1) is 0 Å². The van der Waals surface area contributed by atoms with E-state index in [1.165, 1.54) is 38.5 Å². The second-order valence-electron chi connectivity index (χ2n) is 5.47. The number of rotatable bonds is 3. The molecular formula is C16H22BrNO. The smallest absolute Gasteiger partial charge is 0.161 e. The standard InChI is InChI=1S/C16H22BrNO/c1-12(19)15-10-9-13(17)11-16(15)18(2)14-7-5-3-4-6-8-14/h9-11,14H,3-8H2,1-2H3. The molecular weight excluding hydrogens is 302 g/mol. The Bertz CT molecular complexity index is 450. The first-order chi connectivity index (χ1) is 9.09. The molecule has 19 heavy (non-hydrogen) atoms. The maximum absolute atomic E-state index is 11.8. The van der Waals surface area contributed by atoms with Crippen LogP contribution in [0.1, 0.15) is 55.8 Å². The van der Waals surface area contributed by atoms with E-state index in [1.807, 2.05) is 12.1 Å². The second kappa shape index (κ2) is 6.56. The van der Waals surface area contributed by atoms with E-state index in [1.54, 1.807) is 6.92 Å². The van der Waals surface area contributed by atoms with Crippen LogP contribution in [-0.2, 0) is 0 Å². The molecule has 1 aliphatic carbocycles. The Labute approximate surface area is 124 Å². The van der Waals surface area contributed by atoms with Crippen LogP contribution in [-0.4, -0.2) is 18.9 Å². The summed E-state index contributed by atoms with van der Waals surface area (Å²) in [5, 5.41) is 0. The predicted molar refractivity (Wildman–Crippen MR) is 84.0 cm³/mol. The van der Waals surface area contributed by atoms with Crippen molar-refractivity contribution in [2.24, 2.45) is 0 Å². The van der Waals surface area contributed by atoms with Gasteiger partial charge in [-0.3, -0.25) is 4.79 Å². The number of ketones is 1. The minimum absolute atomic E-state index is 0.142. The summed E-state index contributed by atoms with van der Waals surface area (Å²) in [6, 6.07) is 6.51. The molecule has 2 rings (SSSR count). The van der Waals surface area contributed by atoms with Crippen LogP contribution in [0.15, 0.2) is 22.7 Å². The van der Waals surface area contributed by atoms with E-state index in [9.17, 15) is 4.79 Å². The van der Waals surface area contributed by atoms with E-state index >= 15 is 0 Å². The number of anilines is 1. The van der Waals surface area contributed by atoms with Crippen LogP contribution in [0.3, 0.4) is 0 Å². The van der Waals surface area contributed by atoms with Crippen LogP contribution in [0.25, 0.3) is 0 Å². The fourth-order valence-corrected chi connectivity index (χ4v) is 3.29. The summed E-state index contributed by atoms with van der Waals surface area (Å²) in [7, 11) is 2.13.